The van der Waals surface area contributed by atoms with Gasteiger partial charge in [0.15, 0.2) is 0 Å². The van der Waals surface area contributed by atoms with Crippen LogP contribution in [0.2, 0.25) is 0 Å². The van der Waals surface area contributed by atoms with Gasteiger partial charge in [-0.15, -0.1) is 0 Å². The Morgan fingerprint density at radius 3 is 2.17 bits per heavy atom. The number of benzene rings is 1. The molecule has 0 amide bonds. The quantitative estimate of drug-likeness (QED) is 0.885. The monoisotopic (exact) mass is 244 g/mol. The van der Waals surface area contributed by atoms with Crippen molar-refractivity contribution in [1.82, 2.24) is 4.90 Å². The van der Waals surface area contributed by atoms with Crippen molar-refractivity contribution in [2.45, 2.75) is 50.1 Å². The van der Waals surface area contributed by atoms with Crippen molar-refractivity contribution in [2.24, 2.45) is 5.73 Å². The van der Waals surface area contributed by atoms with Gasteiger partial charge in [-0.05, 0) is 44.3 Å². The largest absolute Gasteiger partial charge is 0.322 e. The molecule has 98 valence electrons. The summed E-state index contributed by atoms with van der Waals surface area (Å²) in [5.41, 5.74) is 8.23. The van der Waals surface area contributed by atoms with Gasteiger partial charge in [-0.2, -0.15) is 0 Å². The van der Waals surface area contributed by atoms with E-state index < -0.39 is 0 Å². The first kappa shape index (κ1) is 12.2. The van der Waals surface area contributed by atoms with Gasteiger partial charge in [0.05, 0.1) is 0 Å². The fourth-order valence-corrected chi connectivity index (χ4v) is 3.94. The Bertz CT molecular complexity index is 375. The van der Waals surface area contributed by atoms with Crippen molar-refractivity contribution < 1.29 is 0 Å². The molecule has 0 unspecified atom stereocenters. The molecular formula is C16H24N2. The van der Waals surface area contributed by atoms with Crippen molar-refractivity contribution in [3.63, 3.8) is 0 Å². The molecule has 1 saturated heterocycles. The first-order chi connectivity index (χ1) is 8.83. The molecule has 2 N–H and O–H groups in total. The number of hydrogen-bond acceptors (Lipinski definition) is 2. The normalized spacial score (nSPS) is 25.4. The Balaban J connectivity index is 1.89. The van der Waals surface area contributed by atoms with Crippen molar-refractivity contribution >= 4 is 0 Å². The Hall–Kier alpha value is -0.860. The maximum absolute atomic E-state index is 6.67. The first-order valence-electron chi connectivity index (χ1n) is 7.38. The minimum absolute atomic E-state index is 0.180. The average Bonchev–Trinajstić information content (AvgIpc) is 3.10. The van der Waals surface area contributed by atoms with E-state index in [2.05, 4.69) is 35.2 Å². The van der Waals surface area contributed by atoms with Crippen LogP contribution in [-0.2, 0) is 0 Å². The van der Waals surface area contributed by atoms with Gasteiger partial charge in [-0.25, -0.2) is 0 Å². The summed E-state index contributed by atoms with van der Waals surface area (Å²) in [6.45, 7) is 2.50. The summed E-state index contributed by atoms with van der Waals surface area (Å²) in [4.78, 5) is 2.69. The maximum Gasteiger partial charge on any atom is 0.0482 e. The Kier molecular flexibility index (Phi) is 3.40. The second-order valence-corrected chi connectivity index (χ2v) is 5.89. The SMILES string of the molecule is N[C@H](c1ccccc1)C1(N2CCCC2)CCCC1. The fraction of sp³-hybridized carbons (Fsp3) is 0.625. The Labute approximate surface area is 110 Å². The molecule has 1 aromatic carbocycles. The lowest BCUT2D eigenvalue weighted by Gasteiger charge is -2.43. The second-order valence-electron chi connectivity index (χ2n) is 5.89. The number of nitrogens with two attached hydrogens (primary N) is 1. The fourth-order valence-electron chi connectivity index (χ4n) is 3.94. The molecule has 2 fully saturated rings. The van der Waals surface area contributed by atoms with Gasteiger partial charge < -0.3 is 5.73 Å². The van der Waals surface area contributed by atoms with Gasteiger partial charge in [-0.3, -0.25) is 4.90 Å². The molecule has 1 saturated carbocycles. The zero-order chi connectivity index (χ0) is 12.4. The van der Waals surface area contributed by atoms with Crippen molar-refractivity contribution in [3.05, 3.63) is 35.9 Å². The molecule has 1 atom stereocenters. The van der Waals surface area contributed by atoms with Crippen LogP contribution in [0.1, 0.15) is 50.1 Å². The van der Waals surface area contributed by atoms with Crippen LogP contribution in [0.4, 0.5) is 0 Å². The predicted octanol–water partition coefficient (Wildman–Crippen LogP) is 3.10. The molecule has 2 heteroatoms. The molecule has 2 nitrogen and oxygen atoms in total. The van der Waals surface area contributed by atoms with Crippen LogP contribution in [0, 0.1) is 0 Å². The predicted molar refractivity (Wildman–Crippen MR) is 75.4 cm³/mol. The summed E-state index contributed by atoms with van der Waals surface area (Å²) in [7, 11) is 0. The van der Waals surface area contributed by atoms with E-state index in [1.807, 2.05) is 0 Å². The smallest absolute Gasteiger partial charge is 0.0482 e. The van der Waals surface area contributed by atoms with E-state index >= 15 is 0 Å². The summed E-state index contributed by atoms with van der Waals surface area (Å²) in [6.07, 6.45) is 7.95. The molecule has 0 spiro atoms. The van der Waals surface area contributed by atoms with Crippen LogP contribution < -0.4 is 5.73 Å². The van der Waals surface area contributed by atoms with E-state index in [1.54, 1.807) is 0 Å². The second kappa shape index (κ2) is 5.02. The lowest BCUT2D eigenvalue weighted by molar-refractivity contribution is 0.0922. The van der Waals surface area contributed by atoms with Gasteiger partial charge in [0.25, 0.3) is 0 Å². The number of rotatable bonds is 3. The van der Waals surface area contributed by atoms with E-state index in [1.165, 1.54) is 57.2 Å². The standard InChI is InChI=1S/C16H24N2/c17-15(14-8-2-1-3-9-14)16(10-4-5-11-16)18-12-6-7-13-18/h1-3,8-9,15H,4-7,10-13,17H2/t15-/m1/s1. The average molecular weight is 244 g/mol. The van der Waals surface area contributed by atoms with Gasteiger partial charge in [0, 0.05) is 11.6 Å². The summed E-state index contributed by atoms with van der Waals surface area (Å²) in [5.74, 6) is 0. The Morgan fingerprint density at radius 2 is 1.56 bits per heavy atom. The van der Waals surface area contributed by atoms with E-state index in [0.29, 0.717) is 0 Å². The topological polar surface area (TPSA) is 29.3 Å². The van der Waals surface area contributed by atoms with Gasteiger partial charge >= 0.3 is 0 Å². The lowest BCUT2D eigenvalue weighted by Crippen LogP contribution is -2.52. The number of nitrogens with zero attached hydrogens (tertiary/aromatic N) is 1. The van der Waals surface area contributed by atoms with E-state index in [4.69, 9.17) is 5.73 Å². The van der Waals surface area contributed by atoms with Crippen molar-refractivity contribution in [3.8, 4) is 0 Å². The minimum Gasteiger partial charge on any atom is -0.322 e. The molecule has 1 aliphatic carbocycles. The third-order valence-electron chi connectivity index (χ3n) is 4.94. The third-order valence-corrected chi connectivity index (χ3v) is 4.94. The highest BCUT2D eigenvalue weighted by molar-refractivity contribution is 5.24. The van der Waals surface area contributed by atoms with Crippen LogP contribution in [0.15, 0.2) is 30.3 Å². The van der Waals surface area contributed by atoms with Crippen LogP contribution in [0.5, 0.6) is 0 Å². The molecule has 1 heterocycles. The highest BCUT2D eigenvalue weighted by Crippen LogP contribution is 2.44. The summed E-state index contributed by atoms with van der Waals surface area (Å²) in [6, 6.07) is 10.9. The Morgan fingerprint density at radius 1 is 0.944 bits per heavy atom. The zero-order valence-corrected chi connectivity index (χ0v) is 11.1. The van der Waals surface area contributed by atoms with E-state index in [9.17, 15) is 0 Å². The summed E-state index contributed by atoms with van der Waals surface area (Å²) >= 11 is 0. The number of hydrogen-bond donors (Lipinski definition) is 1. The van der Waals surface area contributed by atoms with Crippen LogP contribution in [-0.4, -0.2) is 23.5 Å². The zero-order valence-electron chi connectivity index (χ0n) is 11.1. The van der Waals surface area contributed by atoms with E-state index in [0.717, 1.165) is 0 Å². The van der Waals surface area contributed by atoms with Crippen molar-refractivity contribution in [1.29, 1.82) is 0 Å². The summed E-state index contributed by atoms with van der Waals surface area (Å²) in [5, 5.41) is 0. The van der Waals surface area contributed by atoms with Crippen LogP contribution in [0.25, 0.3) is 0 Å². The third kappa shape index (κ3) is 1.98. The molecule has 2 aliphatic rings. The van der Waals surface area contributed by atoms with Crippen LogP contribution >= 0.6 is 0 Å². The molecule has 0 radical (unpaired) electrons. The lowest BCUT2D eigenvalue weighted by atomic mass is 9.82. The molecule has 18 heavy (non-hydrogen) atoms. The van der Waals surface area contributed by atoms with Gasteiger partial charge in [-0.1, -0.05) is 43.2 Å². The first-order valence-corrected chi connectivity index (χ1v) is 7.38. The van der Waals surface area contributed by atoms with Crippen LogP contribution in [0.3, 0.4) is 0 Å². The maximum atomic E-state index is 6.67. The highest BCUT2D eigenvalue weighted by Gasteiger charge is 2.45. The highest BCUT2D eigenvalue weighted by atomic mass is 15.2. The molecule has 0 aromatic heterocycles. The summed E-state index contributed by atoms with van der Waals surface area (Å²) < 4.78 is 0. The molecule has 0 bridgehead atoms. The number of likely N-dealkylation sites (tertiary alicyclic amines) is 1. The van der Waals surface area contributed by atoms with Gasteiger partial charge in [0.1, 0.15) is 0 Å². The van der Waals surface area contributed by atoms with Crippen molar-refractivity contribution in [2.75, 3.05) is 13.1 Å². The van der Waals surface area contributed by atoms with Gasteiger partial charge in [0.2, 0.25) is 0 Å². The molecular weight excluding hydrogens is 220 g/mol. The molecule has 1 aliphatic heterocycles. The molecule has 1 aromatic rings. The van der Waals surface area contributed by atoms with E-state index in [-0.39, 0.29) is 11.6 Å². The minimum atomic E-state index is 0.180. The molecule has 3 rings (SSSR count).